The van der Waals surface area contributed by atoms with Crippen molar-refractivity contribution in [2.45, 2.75) is 13.0 Å². The van der Waals surface area contributed by atoms with Crippen molar-refractivity contribution >= 4 is 41.5 Å². The fourth-order valence-corrected chi connectivity index (χ4v) is 2.57. The molecule has 0 aliphatic heterocycles. The van der Waals surface area contributed by atoms with Crippen LogP contribution in [0, 0.1) is 0 Å². The SMILES string of the molecule is CN=C(NCCc1ccc(Cl)nc1)NCc1cnn(-c2ccccc2)c1.I. The summed E-state index contributed by atoms with van der Waals surface area (Å²) in [6.07, 6.45) is 6.50. The molecule has 0 aliphatic rings. The maximum atomic E-state index is 5.80. The van der Waals surface area contributed by atoms with Gasteiger partial charge in [0.05, 0.1) is 11.9 Å². The first-order valence-electron chi connectivity index (χ1n) is 8.38. The van der Waals surface area contributed by atoms with Crippen LogP contribution in [-0.4, -0.2) is 34.3 Å². The van der Waals surface area contributed by atoms with E-state index in [4.69, 9.17) is 11.6 Å². The highest BCUT2D eigenvalue weighted by Gasteiger charge is 2.03. The number of aromatic nitrogens is 3. The first kappa shape index (κ1) is 21.2. The van der Waals surface area contributed by atoms with Gasteiger partial charge in [-0.05, 0) is 30.2 Å². The minimum absolute atomic E-state index is 0. The lowest BCUT2D eigenvalue weighted by atomic mass is 10.2. The van der Waals surface area contributed by atoms with Crippen molar-refractivity contribution < 1.29 is 0 Å². The van der Waals surface area contributed by atoms with Crippen LogP contribution in [0.5, 0.6) is 0 Å². The average molecular weight is 497 g/mol. The summed E-state index contributed by atoms with van der Waals surface area (Å²) in [4.78, 5) is 8.33. The molecule has 0 saturated carbocycles. The van der Waals surface area contributed by atoms with Crippen molar-refractivity contribution in [1.82, 2.24) is 25.4 Å². The van der Waals surface area contributed by atoms with E-state index in [0.29, 0.717) is 11.7 Å². The highest BCUT2D eigenvalue weighted by Crippen LogP contribution is 2.07. The zero-order valence-corrected chi connectivity index (χ0v) is 18.1. The molecule has 0 aliphatic carbocycles. The second-order valence-corrected chi connectivity index (χ2v) is 6.11. The summed E-state index contributed by atoms with van der Waals surface area (Å²) in [5, 5.41) is 11.5. The van der Waals surface area contributed by atoms with E-state index in [1.807, 2.05) is 53.5 Å². The predicted octanol–water partition coefficient (Wildman–Crippen LogP) is 3.45. The van der Waals surface area contributed by atoms with Crippen LogP contribution >= 0.6 is 35.6 Å². The number of benzene rings is 1. The topological polar surface area (TPSA) is 67.1 Å². The Balaban J connectivity index is 0.00000261. The summed E-state index contributed by atoms with van der Waals surface area (Å²) in [7, 11) is 1.76. The Hall–Kier alpha value is -2.13. The van der Waals surface area contributed by atoms with Gasteiger partial charge in [0.15, 0.2) is 5.96 Å². The summed E-state index contributed by atoms with van der Waals surface area (Å²) in [6, 6.07) is 13.8. The maximum absolute atomic E-state index is 5.80. The third-order valence-electron chi connectivity index (χ3n) is 3.84. The first-order valence-corrected chi connectivity index (χ1v) is 8.76. The molecule has 3 aromatic rings. The van der Waals surface area contributed by atoms with Crippen LogP contribution in [0.25, 0.3) is 5.69 Å². The van der Waals surface area contributed by atoms with Gasteiger partial charge in [0.25, 0.3) is 0 Å². The van der Waals surface area contributed by atoms with E-state index < -0.39 is 0 Å². The Labute approximate surface area is 181 Å². The Morgan fingerprint density at radius 2 is 1.89 bits per heavy atom. The van der Waals surface area contributed by atoms with E-state index in [1.165, 1.54) is 0 Å². The molecular weight excluding hydrogens is 475 g/mol. The van der Waals surface area contributed by atoms with Gasteiger partial charge >= 0.3 is 0 Å². The van der Waals surface area contributed by atoms with Crippen LogP contribution in [0.1, 0.15) is 11.1 Å². The van der Waals surface area contributed by atoms with E-state index in [-0.39, 0.29) is 24.0 Å². The maximum Gasteiger partial charge on any atom is 0.191 e. The quantitative estimate of drug-likeness (QED) is 0.237. The molecule has 2 heterocycles. The number of nitrogens with one attached hydrogen (secondary N) is 2. The largest absolute Gasteiger partial charge is 0.356 e. The molecule has 1 aromatic carbocycles. The summed E-state index contributed by atoms with van der Waals surface area (Å²) in [5.74, 6) is 0.749. The molecule has 2 aromatic heterocycles. The minimum Gasteiger partial charge on any atom is -0.356 e. The molecule has 0 unspecified atom stereocenters. The number of para-hydroxylation sites is 1. The summed E-state index contributed by atoms with van der Waals surface area (Å²) < 4.78 is 1.86. The number of pyridine rings is 1. The molecule has 2 N–H and O–H groups in total. The number of aliphatic imine (C=N–C) groups is 1. The molecule has 0 radical (unpaired) electrons. The van der Waals surface area contributed by atoms with Gasteiger partial charge in [-0.2, -0.15) is 5.10 Å². The summed E-state index contributed by atoms with van der Waals surface area (Å²) in [6.45, 7) is 1.40. The highest BCUT2D eigenvalue weighted by atomic mass is 127. The van der Waals surface area contributed by atoms with Crippen LogP contribution in [0.15, 0.2) is 66.0 Å². The van der Waals surface area contributed by atoms with Crippen molar-refractivity contribution in [2.24, 2.45) is 4.99 Å². The Bertz CT molecular complexity index is 848. The smallest absolute Gasteiger partial charge is 0.191 e. The first-order chi connectivity index (χ1) is 12.7. The third kappa shape index (κ3) is 6.51. The van der Waals surface area contributed by atoms with E-state index in [0.717, 1.165) is 35.7 Å². The van der Waals surface area contributed by atoms with E-state index in [2.05, 4.69) is 25.7 Å². The van der Waals surface area contributed by atoms with Gasteiger partial charge in [-0.3, -0.25) is 4.99 Å². The Morgan fingerprint density at radius 3 is 2.59 bits per heavy atom. The van der Waals surface area contributed by atoms with Gasteiger partial charge in [-0.25, -0.2) is 9.67 Å². The summed E-state index contributed by atoms with van der Waals surface area (Å²) >= 11 is 5.80. The van der Waals surface area contributed by atoms with E-state index in [9.17, 15) is 0 Å². The lowest BCUT2D eigenvalue weighted by molar-refractivity contribution is 0.792. The minimum atomic E-state index is 0. The fraction of sp³-hybridized carbons (Fsp3) is 0.211. The second-order valence-electron chi connectivity index (χ2n) is 5.72. The van der Waals surface area contributed by atoms with Crippen LogP contribution in [0.3, 0.4) is 0 Å². The van der Waals surface area contributed by atoms with Gasteiger partial charge in [0.2, 0.25) is 0 Å². The molecule has 3 rings (SSSR count). The van der Waals surface area contributed by atoms with Crippen LogP contribution in [0.2, 0.25) is 5.15 Å². The van der Waals surface area contributed by atoms with Gasteiger partial charge in [-0.1, -0.05) is 35.9 Å². The molecule has 8 heteroatoms. The van der Waals surface area contributed by atoms with Gasteiger partial charge in [0, 0.05) is 38.1 Å². The van der Waals surface area contributed by atoms with Crippen LogP contribution < -0.4 is 10.6 Å². The molecule has 6 nitrogen and oxygen atoms in total. The standard InChI is InChI=1S/C19H21ClN6.HI/c1-21-19(22-10-9-15-7-8-18(20)23-11-15)24-12-16-13-25-26(14-16)17-5-3-2-4-6-17;/h2-8,11,13-14H,9-10,12H2,1H3,(H2,21,22,24);1H. The normalized spacial score (nSPS) is 11.0. The highest BCUT2D eigenvalue weighted by molar-refractivity contribution is 14.0. The van der Waals surface area contributed by atoms with Crippen molar-refractivity contribution in [3.63, 3.8) is 0 Å². The molecule has 0 saturated heterocycles. The third-order valence-corrected chi connectivity index (χ3v) is 4.06. The number of halogens is 2. The number of hydrogen-bond acceptors (Lipinski definition) is 3. The number of rotatable bonds is 6. The van der Waals surface area contributed by atoms with Gasteiger partial charge < -0.3 is 10.6 Å². The predicted molar refractivity (Wildman–Crippen MR) is 120 cm³/mol. The number of guanidine groups is 1. The number of nitrogens with zero attached hydrogens (tertiary/aromatic N) is 4. The van der Waals surface area contributed by atoms with Crippen molar-refractivity contribution in [1.29, 1.82) is 0 Å². The molecular formula is C19H22ClIN6. The molecule has 0 atom stereocenters. The molecule has 27 heavy (non-hydrogen) atoms. The van der Waals surface area contributed by atoms with Crippen molar-refractivity contribution in [2.75, 3.05) is 13.6 Å². The Morgan fingerprint density at radius 1 is 1.07 bits per heavy atom. The molecule has 0 bridgehead atoms. The Kier molecular flexibility index (Phi) is 8.53. The van der Waals surface area contributed by atoms with E-state index in [1.54, 1.807) is 19.3 Å². The molecule has 0 fully saturated rings. The van der Waals surface area contributed by atoms with Crippen LogP contribution in [0.4, 0.5) is 0 Å². The fourth-order valence-electron chi connectivity index (χ4n) is 2.46. The van der Waals surface area contributed by atoms with Gasteiger partial charge in [-0.15, -0.1) is 24.0 Å². The van der Waals surface area contributed by atoms with Crippen LogP contribution in [-0.2, 0) is 13.0 Å². The van der Waals surface area contributed by atoms with Crippen molar-refractivity contribution in [3.8, 4) is 5.69 Å². The van der Waals surface area contributed by atoms with E-state index >= 15 is 0 Å². The molecule has 142 valence electrons. The molecule has 0 amide bonds. The lowest BCUT2D eigenvalue weighted by Crippen LogP contribution is -2.37. The lowest BCUT2D eigenvalue weighted by Gasteiger charge is -2.11. The number of hydrogen-bond donors (Lipinski definition) is 2. The molecule has 0 spiro atoms. The zero-order valence-electron chi connectivity index (χ0n) is 15.0. The monoisotopic (exact) mass is 496 g/mol. The van der Waals surface area contributed by atoms with Gasteiger partial charge in [0.1, 0.15) is 5.15 Å². The zero-order chi connectivity index (χ0) is 18.2. The second kappa shape index (κ2) is 10.9. The summed E-state index contributed by atoms with van der Waals surface area (Å²) in [5.41, 5.74) is 3.25. The van der Waals surface area contributed by atoms with Crippen molar-refractivity contribution in [3.05, 3.63) is 77.3 Å². The average Bonchev–Trinajstić information content (AvgIpc) is 3.16.